The van der Waals surface area contributed by atoms with E-state index in [2.05, 4.69) is 21.9 Å². The van der Waals surface area contributed by atoms with Gasteiger partial charge in [-0.25, -0.2) is 4.98 Å². The molecule has 0 unspecified atom stereocenters. The molecule has 0 aliphatic carbocycles. The van der Waals surface area contributed by atoms with Crippen molar-refractivity contribution in [1.29, 1.82) is 0 Å². The lowest BCUT2D eigenvalue weighted by atomic mass is 10.3. The van der Waals surface area contributed by atoms with E-state index in [0.717, 1.165) is 19.5 Å². The second kappa shape index (κ2) is 7.35. The van der Waals surface area contributed by atoms with Crippen LogP contribution in [0.15, 0.2) is 10.9 Å². The molecule has 1 aromatic rings. The zero-order valence-corrected chi connectivity index (χ0v) is 9.59. The Morgan fingerprint density at radius 3 is 3.15 bits per heavy atom. The topological polar surface area (TPSA) is 24.9 Å². The first-order valence-corrected chi connectivity index (χ1v) is 6.84. The molecule has 0 atom stereocenters. The molecular formula is C9H16N2S2. The minimum Gasteiger partial charge on any atom is -0.316 e. The largest absolute Gasteiger partial charge is 0.316 e. The summed E-state index contributed by atoms with van der Waals surface area (Å²) in [4.78, 5) is 4.22. The van der Waals surface area contributed by atoms with Crippen LogP contribution in [0.1, 0.15) is 12.1 Å². The molecule has 0 aliphatic heterocycles. The van der Waals surface area contributed by atoms with E-state index in [0.29, 0.717) is 0 Å². The number of hydrogen-bond acceptors (Lipinski definition) is 4. The Morgan fingerprint density at radius 2 is 2.46 bits per heavy atom. The predicted octanol–water partition coefficient (Wildman–Crippen LogP) is 2.03. The van der Waals surface area contributed by atoms with Crippen molar-refractivity contribution in [3.05, 3.63) is 16.6 Å². The van der Waals surface area contributed by atoms with Crippen molar-refractivity contribution in [2.45, 2.75) is 12.8 Å². The molecule has 2 nitrogen and oxygen atoms in total. The van der Waals surface area contributed by atoms with Crippen molar-refractivity contribution in [2.75, 3.05) is 25.1 Å². The summed E-state index contributed by atoms with van der Waals surface area (Å²) < 4.78 is 0. The normalized spacial score (nSPS) is 10.5. The van der Waals surface area contributed by atoms with Gasteiger partial charge in [0.1, 0.15) is 0 Å². The van der Waals surface area contributed by atoms with Crippen molar-refractivity contribution < 1.29 is 0 Å². The van der Waals surface area contributed by atoms with E-state index in [9.17, 15) is 0 Å². The summed E-state index contributed by atoms with van der Waals surface area (Å²) in [6, 6.07) is 0. The lowest BCUT2D eigenvalue weighted by molar-refractivity contribution is 0.670. The van der Waals surface area contributed by atoms with Gasteiger partial charge in [-0.05, 0) is 25.0 Å². The molecule has 0 saturated carbocycles. The summed E-state index contributed by atoms with van der Waals surface area (Å²) in [6.45, 7) is 2.18. The van der Waals surface area contributed by atoms with Crippen LogP contribution in [0, 0.1) is 0 Å². The second-order valence-corrected chi connectivity index (χ2v) is 4.53. The van der Waals surface area contributed by atoms with Gasteiger partial charge in [0.2, 0.25) is 0 Å². The molecule has 0 amide bonds. The maximum absolute atomic E-state index is 4.22. The van der Waals surface area contributed by atoms with E-state index in [-0.39, 0.29) is 0 Å². The highest BCUT2D eigenvalue weighted by atomic mass is 32.2. The number of rotatable bonds is 7. The summed E-state index contributed by atoms with van der Waals surface area (Å²) in [7, 11) is 0. The van der Waals surface area contributed by atoms with Gasteiger partial charge < -0.3 is 5.32 Å². The minimum atomic E-state index is 1.05. The van der Waals surface area contributed by atoms with Crippen molar-refractivity contribution in [3.63, 3.8) is 0 Å². The quantitative estimate of drug-likeness (QED) is 0.706. The van der Waals surface area contributed by atoms with Gasteiger partial charge in [0.15, 0.2) is 0 Å². The standard InChI is InChI=1S/C9H16N2S2/c1-12-6-2-4-10-5-3-9-7-13-8-11-9/h7-8,10H,2-6H2,1H3. The molecule has 1 rings (SSSR count). The Hall–Kier alpha value is -0.0600. The third-order valence-corrected chi connectivity index (χ3v) is 3.08. The zero-order chi connectivity index (χ0) is 9.36. The van der Waals surface area contributed by atoms with Crippen LogP contribution in [0.4, 0.5) is 0 Å². The Morgan fingerprint density at radius 1 is 1.54 bits per heavy atom. The van der Waals surface area contributed by atoms with Gasteiger partial charge in [-0.3, -0.25) is 0 Å². The lowest BCUT2D eigenvalue weighted by Crippen LogP contribution is -2.19. The molecule has 0 radical (unpaired) electrons. The van der Waals surface area contributed by atoms with Gasteiger partial charge in [0.25, 0.3) is 0 Å². The molecule has 0 spiro atoms. The smallest absolute Gasteiger partial charge is 0.0794 e. The third-order valence-electron chi connectivity index (χ3n) is 1.74. The highest BCUT2D eigenvalue weighted by Crippen LogP contribution is 2.00. The van der Waals surface area contributed by atoms with Gasteiger partial charge in [-0.1, -0.05) is 0 Å². The van der Waals surface area contributed by atoms with E-state index < -0.39 is 0 Å². The number of nitrogens with one attached hydrogen (secondary N) is 1. The van der Waals surface area contributed by atoms with Crippen molar-refractivity contribution in [2.24, 2.45) is 0 Å². The maximum Gasteiger partial charge on any atom is 0.0794 e. The number of aromatic nitrogens is 1. The van der Waals surface area contributed by atoms with Crippen molar-refractivity contribution in [3.8, 4) is 0 Å². The highest BCUT2D eigenvalue weighted by molar-refractivity contribution is 7.98. The van der Waals surface area contributed by atoms with Crippen LogP contribution in [0.25, 0.3) is 0 Å². The lowest BCUT2D eigenvalue weighted by Gasteiger charge is -2.01. The second-order valence-electron chi connectivity index (χ2n) is 2.83. The summed E-state index contributed by atoms with van der Waals surface area (Å²) in [5, 5.41) is 5.52. The minimum absolute atomic E-state index is 1.05. The third kappa shape index (κ3) is 5.29. The van der Waals surface area contributed by atoms with Gasteiger partial charge >= 0.3 is 0 Å². The van der Waals surface area contributed by atoms with E-state index in [1.54, 1.807) is 11.3 Å². The van der Waals surface area contributed by atoms with E-state index in [1.165, 1.54) is 17.9 Å². The van der Waals surface area contributed by atoms with Gasteiger partial charge in [0.05, 0.1) is 11.2 Å². The zero-order valence-electron chi connectivity index (χ0n) is 7.95. The molecule has 1 heterocycles. The first-order valence-electron chi connectivity index (χ1n) is 4.50. The fourth-order valence-electron chi connectivity index (χ4n) is 1.04. The summed E-state index contributed by atoms with van der Waals surface area (Å²) in [6.07, 6.45) is 4.47. The molecule has 13 heavy (non-hydrogen) atoms. The molecule has 4 heteroatoms. The van der Waals surface area contributed by atoms with Crippen LogP contribution in [-0.2, 0) is 6.42 Å². The molecule has 0 aliphatic rings. The Balaban J connectivity index is 1.90. The summed E-state index contributed by atoms with van der Waals surface area (Å²) in [5.74, 6) is 1.25. The van der Waals surface area contributed by atoms with Crippen LogP contribution < -0.4 is 5.32 Å². The number of nitrogens with zero attached hydrogens (tertiary/aromatic N) is 1. The molecule has 0 fully saturated rings. The van der Waals surface area contributed by atoms with Crippen molar-refractivity contribution >= 4 is 23.1 Å². The summed E-state index contributed by atoms with van der Waals surface area (Å²) >= 11 is 3.58. The Bertz CT molecular complexity index is 199. The first-order chi connectivity index (χ1) is 6.43. The monoisotopic (exact) mass is 216 g/mol. The number of thiazole rings is 1. The molecular weight excluding hydrogens is 200 g/mol. The highest BCUT2D eigenvalue weighted by Gasteiger charge is 1.93. The van der Waals surface area contributed by atoms with E-state index in [1.807, 2.05) is 17.3 Å². The van der Waals surface area contributed by atoms with Crippen LogP contribution >= 0.6 is 23.1 Å². The fraction of sp³-hybridized carbons (Fsp3) is 0.667. The Labute approximate surface area is 88.2 Å². The number of thioether (sulfide) groups is 1. The molecule has 0 saturated heterocycles. The molecule has 74 valence electrons. The molecule has 0 bridgehead atoms. The van der Waals surface area contributed by atoms with Crippen LogP contribution in [0.2, 0.25) is 0 Å². The summed E-state index contributed by atoms with van der Waals surface area (Å²) in [5.41, 5.74) is 3.10. The molecule has 1 aromatic heterocycles. The van der Waals surface area contributed by atoms with Gasteiger partial charge in [-0.2, -0.15) is 11.8 Å². The number of hydrogen-bond donors (Lipinski definition) is 1. The van der Waals surface area contributed by atoms with Crippen LogP contribution in [-0.4, -0.2) is 30.1 Å². The maximum atomic E-state index is 4.22. The van der Waals surface area contributed by atoms with Gasteiger partial charge in [-0.15, -0.1) is 11.3 Å². The first kappa shape index (κ1) is 11.0. The van der Waals surface area contributed by atoms with Crippen molar-refractivity contribution in [1.82, 2.24) is 10.3 Å². The van der Waals surface area contributed by atoms with E-state index >= 15 is 0 Å². The average Bonchev–Trinajstić information content (AvgIpc) is 2.63. The average molecular weight is 216 g/mol. The van der Waals surface area contributed by atoms with Crippen LogP contribution in [0.5, 0.6) is 0 Å². The van der Waals surface area contributed by atoms with Crippen LogP contribution in [0.3, 0.4) is 0 Å². The fourth-order valence-corrected chi connectivity index (χ4v) is 2.07. The SMILES string of the molecule is CSCCCNCCc1cscn1. The van der Waals surface area contributed by atoms with E-state index in [4.69, 9.17) is 0 Å². The molecule has 1 N–H and O–H groups in total. The predicted molar refractivity (Wildman–Crippen MR) is 61.7 cm³/mol. The Kier molecular flexibility index (Phi) is 6.23. The molecule has 0 aromatic carbocycles. The van der Waals surface area contributed by atoms with Gasteiger partial charge in [0, 0.05) is 18.3 Å².